The predicted octanol–water partition coefficient (Wildman–Crippen LogP) is 6.11. The van der Waals surface area contributed by atoms with Crippen LogP contribution in [0.15, 0.2) is 42.5 Å². The van der Waals surface area contributed by atoms with Crippen molar-refractivity contribution < 1.29 is 4.74 Å². The van der Waals surface area contributed by atoms with Gasteiger partial charge in [-0.05, 0) is 42.5 Å². The minimum Gasteiger partial charge on any atom is -0.497 e. The average molecular weight is 455 g/mol. The van der Waals surface area contributed by atoms with Gasteiger partial charge in [0.15, 0.2) is 5.13 Å². The Morgan fingerprint density at radius 3 is 2.25 bits per heavy atom. The number of methoxy groups -OCH3 is 1. The molecule has 4 nitrogen and oxygen atoms in total. The average Bonchev–Trinajstić information content (AvgIpc) is 3.10. The van der Waals surface area contributed by atoms with Crippen molar-refractivity contribution >= 4 is 57.0 Å². The van der Waals surface area contributed by atoms with Gasteiger partial charge in [-0.2, -0.15) is 0 Å². The van der Waals surface area contributed by atoms with Gasteiger partial charge < -0.3 is 14.5 Å². The first-order chi connectivity index (χ1) is 13.5. The fourth-order valence-electron chi connectivity index (χ4n) is 3.22. The van der Waals surface area contributed by atoms with Crippen LogP contribution in [-0.4, -0.2) is 38.3 Å². The van der Waals surface area contributed by atoms with Crippen molar-refractivity contribution in [2.75, 3.05) is 43.1 Å². The highest BCUT2D eigenvalue weighted by molar-refractivity contribution is 7.20. The monoisotopic (exact) mass is 453 g/mol. The van der Waals surface area contributed by atoms with Gasteiger partial charge >= 0.3 is 0 Å². The molecule has 0 amide bonds. The fourth-order valence-corrected chi connectivity index (χ4v) is 4.93. The molecule has 8 heteroatoms. The lowest BCUT2D eigenvalue weighted by Gasteiger charge is -2.36. The second-order valence-corrected chi connectivity index (χ2v) is 8.84. The van der Waals surface area contributed by atoms with Crippen LogP contribution in [0, 0.1) is 0 Å². The van der Waals surface area contributed by atoms with Gasteiger partial charge in [-0.3, -0.25) is 0 Å². The molecule has 2 aromatic carbocycles. The van der Waals surface area contributed by atoms with Crippen molar-refractivity contribution in [3.8, 4) is 17.0 Å². The van der Waals surface area contributed by atoms with E-state index in [0.717, 1.165) is 42.6 Å². The van der Waals surface area contributed by atoms with Crippen molar-refractivity contribution in [2.24, 2.45) is 0 Å². The molecule has 1 fully saturated rings. The van der Waals surface area contributed by atoms with E-state index in [9.17, 15) is 0 Å². The topological polar surface area (TPSA) is 28.6 Å². The van der Waals surface area contributed by atoms with E-state index in [1.165, 1.54) is 17.0 Å². The Balaban J connectivity index is 1.47. The Morgan fingerprint density at radius 1 is 0.929 bits per heavy atom. The van der Waals surface area contributed by atoms with Crippen LogP contribution in [0.4, 0.5) is 10.8 Å². The Labute approximate surface area is 183 Å². The zero-order chi connectivity index (χ0) is 19.7. The fraction of sp³-hybridized carbons (Fsp3) is 0.250. The van der Waals surface area contributed by atoms with E-state index in [-0.39, 0.29) is 0 Å². The molecule has 0 saturated carbocycles. The Kier molecular flexibility index (Phi) is 5.88. The standard InChI is InChI=1S/C20H18Cl3N3OS/c1-27-15-5-3-14(4-6-15)25-8-10-26(11-9-25)20-24-18(19(23)28-20)16-7-2-13(21)12-17(16)22/h2-7,12H,8-11H2,1H3. The third kappa shape index (κ3) is 4.03. The number of hydrogen-bond acceptors (Lipinski definition) is 5. The van der Waals surface area contributed by atoms with Crippen molar-refractivity contribution in [3.05, 3.63) is 56.8 Å². The zero-order valence-corrected chi connectivity index (χ0v) is 18.2. The molecular weight excluding hydrogens is 437 g/mol. The number of ether oxygens (including phenoxy) is 1. The molecule has 1 aliphatic heterocycles. The molecule has 146 valence electrons. The molecule has 0 atom stereocenters. The lowest BCUT2D eigenvalue weighted by Crippen LogP contribution is -2.46. The summed E-state index contributed by atoms with van der Waals surface area (Å²) in [6, 6.07) is 13.5. The van der Waals surface area contributed by atoms with Crippen molar-refractivity contribution in [1.29, 1.82) is 0 Å². The van der Waals surface area contributed by atoms with Crippen LogP contribution in [0.2, 0.25) is 14.4 Å². The largest absolute Gasteiger partial charge is 0.497 e. The normalized spacial score (nSPS) is 14.4. The van der Waals surface area contributed by atoms with Crippen LogP contribution in [0.1, 0.15) is 0 Å². The molecule has 1 aromatic heterocycles. The lowest BCUT2D eigenvalue weighted by atomic mass is 10.2. The maximum atomic E-state index is 6.48. The van der Waals surface area contributed by atoms with Gasteiger partial charge in [0.25, 0.3) is 0 Å². The van der Waals surface area contributed by atoms with Crippen LogP contribution in [-0.2, 0) is 0 Å². The van der Waals surface area contributed by atoms with Crippen LogP contribution in [0.3, 0.4) is 0 Å². The number of halogens is 3. The van der Waals surface area contributed by atoms with E-state index in [1.54, 1.807) is 19.2 Å². The number of piperazine rings is 1. The summed E-state index contributed by atoms with van der Waals surface area (Å²) in [5.74, 6) is 0.869. The van der Waals surface area contributed by atoms with E-state index >= 15 is 0 Å². The van der Waals surface area contributed by atoms with E-state index in [1.807, 2.05) is 18.2 Å². The molecule has 4 rings (SSSR count). The number of anilines is 2. The van der Waals surface area contributed by atoms with E-state index in [0.29, 0.717) is 20.1 Å². The smallest absolute Gasteiger partial charge is 0.187 e. The molecule has 1 saturated heterocycles. The highest BCUT2D eigenvalue weighted by atomic mass is 35.5. The molecule has 0 aliphatic carbocycles. The molecule has 0 unspecified atom stereocenters. The molecule has 3 aromatic rings. The molecule has 0 radical (unpaired) electrons. The SMILES string of the molecule is COc1ccc(N2CCN(c3nc(-c4ccc(Cl)cc4Cl)c(Cl)s3)CC2)cc1. The van der Waals surface area contributed by atoms with Crippen LogP contribution in [0.25, 0.3) is 11.3 Å². The van der Waals surface area contributed by atoms with Crippen LogP contribution >= 0.6 is 46.1 Å². The quantitative estimate of drug-likeness (QED) is 0.476. The van der Waals surface area contributed by atoms with Crippen LogP contribution < -0.4 is 14.5 Å². The van der Waals surface area contributed by atoms with Crippen LogP contribution in [0.5, 0.6) is 5.75 Å². The molecule has 2 heterocycles. The minimum absolute atomic E-state index is 0.551. The number of benzene rings is 2. The predicted molar refractivity (Wildman–Crippen MR) is 120 cm³/mol. The van der Waals surface area contributed by atoms with Crippen molar-refractivity contribution in [1.82, 2.24) is 4.98 Å². The summed E-state index contributed by atoms with van der Waals surface area (Å²) in [6.45, 7) is 3.59. The summed E-state index contributed by atoms with van der Waals surface area (Å²) in [4.78, 5) is 9.40. The zero-order valence-electron chi connectivity index (χ0n) is 15.2. The van der Waals surface area contributed by atoms with Crippen molar-refractivity contribution in [3.63, 3.8) is 0 Å². The number of aromatic nitrogens is 1. The molecule has 0 spiro atoms. The summed E-state index contributed by atoms with van der Waals surface area (Å²) in [7, 11) is 1.68. The third-order valence-corrected chi connectivity index (χ3v) is 6.61. The van der Waals surface area contributed by atoms with Crippen molar-refractivity contribution in [2.45, 2.75) is 0 Å². The molecule has 28 heavy (non-hydrogen) atoms. The molecular formula is C20H18Cl3N3OS. The molecule has 0 N–H and O–H groups in total. The summed E-state index contributed by atoms with van der Waals surface area (Å²) in [5.41, 5.74) is 2.71. The Bertz CT molecular complexity index is 969. The summed E-state index contributed by atoms with van der Waals surface area (Å²) >= 11 is 20.3. The first kappa shape index (κ1) is 19.6. The van der Waals surface area contributed by atoms with E-state index < -0.39 is 0 Å². The first-order valence-electron chi connectivity index (χ1n) is 8.81. The molecule has 0 bridgehead atoms. The highest BCUT2D eigenvalue weighted by Gasteiger charge is 2.22. The Morgan fingerprint density at radius 2 is 1.61 bits per heavy atom. The number of thiazole rings is 1. The van der Waals surface area contributed by atoms with Gasteiger partial charge in [0.05, 0.1) is 12.1 Å². The van der Waals surface area contributed by atoms with E-state index in [2.05, 4.69) is 21.9 Å². The maximum absolute atomic E-state index is 6.48. The van der Waals surface area contributed by atoms with Gasteiger partial charge in [0, 0.05) is 42.5 Å². The van der Waals surface area contributed by atoms with E-state index in [4.69, 9.17) is 44.5 Å². The lowest BCUT2D eigenvalue weighted by molar-refractivity contribution is 0.415. The molecule has 1 aliphatic rings. The minimum atomic E-state index is 0.551. The Hall–Kier alpha value is -1.66. The summed E-state index contributed by atoms with van der Waals surface area (Å²) in [6.07, 6.45) is 0. The van der Waals surface area contributed by atoms with Gasteiger partial charge in [0.2, 0.25) is 0 Å². The summed E-state index contributed by atoms with van der Waals surface area (Å²) < 4.78 is 5.87. The van der Waals surface area contributed by atoms with Gasteiger partial charge in [-0.1, -0.05) is 46.1 Å². The van der Waals surface area contributed by atoms with Gasteiger partial charge in [0.1, 0.15) is 15.8 Å². The number of nitrogens with zero attached hydrogens (tertiary/aromatic N) is 3. The summed E-state index contributed by atoms with van der Waals surface area (Å²) in [5, 5.41) is 2.06. The second-order valence-electron chi connectivity index (χ2n) is 6.42. The number of hydrogen-bond donors (Lipinski definition) is 0. The second kappa shape index (κ2) is 8.37. The first-order valence-corrected chi connectivity index (χ1v) is 10.8. The maximum Gasteiger partial charge on any atom is 0.187 e. The van der Waals surface area contributed by atoms with Gasteiger partial charge in [-0.25, -0.2) is 4.98 Å². The third-order valence-electron chi connectivity index (χ3n) is 4.75. The number of rotatable bonds is 4. The van der Waals surface area contributed by atoms with Gasteiger partial charge in [-0.15, -0.1) is 0 Å². The highest BCUT2D eigenvalue weighted by Crippen LogP contribution is 2.40.